The van der Waals surface area contributed by atoms with Gasteiger partial charge in [-0.15, -0.1) is 0 Å². The molecule has 2 aromatic rings. The predicted octanol–water partition coefficient (Wildman–Crippen LogP) is 4.99. The predicted molar refractivity (Wildman–Crippen MR) is 96.5 cm³/mol. The van der Waals surface area contributed by atoms with E-state index in [1.165, 1.54) is 33.4 Å². The summed E-state index contributed by atoms with van der Waals surface area (Å²) in [7, 11) is 0. The number of rotatable bonds is 3. The van der Waals surface area contributed by atoms with Crippen LogP contribution in [-0.4, -0.2) is 12.4 Å². The van der Waals surface area contributed by atoms with Crippen LogP contribution >= 0.6 is 0 Å². The first-order valence-electron chi connectivity index (χ1n) is 7.60. The Hall–Kier alpha value is -2.22. The molecule has 2 heteroatoms. The molecule has 0 unspecified atom stereocenters. The second-order valence-electron chi connectivity index (χ2n) is 6.11. The molecule has 0 fully saturated rings. The van der Waals surface area contributed by atoms with Crippen LogP contribution in [0.5, 0.6) is 0 Å². The third-order valence-electron chi connectivity index (χ3n) is 3.92. The summed E-state index contributed by atoms with van der Waals surface area (Å²) in [5, 5.41) is 8.47. The Morgan fingerprint density at radius 1 is 0.545 bits per heavy atom. The van der Waals surface area contributed by atoms with E-state index in [2.05, 4.69) is 76.0 Å². The van der Waals surface area contributed by atoms with Crippen LogP contribution in [0.4, 0.5) is 0 Å². The van der Waals surface area contributed by atoms with Gasteiger partial charge in [-0.2, -0.15) is 10.2 Å². The summed E-state index contributed by atoms with van der Waals surface area (Å²) in [6, 6.07) is 8.69. The van der Waals surface area contributed by atoms with Crippen molar-refractivity contribution in [1.82, 2.24) is 0 Å². The van der Waals surface area contributed by atoms with E-state index >= 15 is 0 Å². The maximum absolute atomic E-state index is 4.24. The number of aryl methyl sites for hydroxylation is 6. The molecule has 0 radical (unpaired) electrons. The van der Waals surface area contributed by atoms with Crippen molar-refractivity contribution in [2.75, 3.05) is 0 Å². The molecule has 0 heterocycles. The highest BCUT2D eigenvalue weighted by Crippen LogP contribution is 2.15. The quantitative estimate of drug-likeness (QED) is 0.562. The summed E-state index contributed by atoms with van der Waals surface area (Å²) in [5.74, 6) is 0. The molecule has 0 bridgehead atoms. The SMILES string of the molecule is Cc1cc(C)c(/C=N\N=C\c2c(C)cc(C)cc2C)c(C)c1. The summed E-state index contributed by atoms with van der Waals surface area (Å²) >= 11 is 0. The Kier molecular flexibility index (Phi) is 4.92. The van der Waals surface area contributed by atoms with Crippen LogP contribution in [0.3, 0.4) is 0 Å². The molecule has 0 aliphatic carbocycles. The van der Waals surface area contributed by atoms with Crippen LogP contribution in [0.15, 0.2) is 34.5 Å². The molecule has 0 amide bonds. The summed E-state index contributed by atoms with van der Waals surface area (Å²) in [6.07, 6.45) is 3.69. The van der Waals surface area contributed by atoms with Crippen LogP contribution in [0, 0.1) is 41.5 Å². The van der Waals surface area contributed by atoms with E-state index in [0.717, 1.165) is 11.1 Å². The number of nitrogens with zero attached hydrogens (tertiary/aromatic N) is 2. The van der Waals surface area contributed by atoms with Crippen LogP contribution in [0.25, 0.3) is 0 Å². The summed E-state index contributed by atoms with van der Waals surface area (Å²) < 4.78 is 0. The molecular formula is C20H24N2. The largest absolute Gasteiger partial charge is 0.158 e. The van der Waals surface area contributed by atoms with Crippen molar-refractivity contribution in [3.63, 3.8) is 0 Å². The number of benzene rings is 2. The monoisotopic (exact) mass is 292 g/mol. The summed E-state index contributed by atoms with van der Waals surface area (Å²) in [4.78, 5) is 0. The van der Waals surface area contributed by atoms with Crippen molar-refractivity contribution >= 4 is 12.4 Å². The lowest BCUT2D eigenvalue weighted by Crippen LogP contribution is -1.94. The summed E-state index contributed by atoms with van der Waals surface area (Å²) in [5.41, 5.74) is 9.81. The van der Waals surface area contributed by atoms with Crippen molar-refractivity contribution in [1.29, 1.82) is 0 Å². The first-order chi connectivity index (χ1) is 10.4. The lowest BCUT2D eigenvalue weighted by molar-refractivity contribution is 1.23. The average Bonchev–Trinajstić information content (AvgIpc) is 2.38. The fourth-order valence-corrected chi connectivity index (χ4v) is 2.97. The van der Waals surface area contributed by atoms with Crippen molar-refractivity contribution < 1.29 is 0 Å². The van der Waals surface area contributed by atoms with E-state index in [4.69, 9.17) is 0 Å². The number of hydrogen-bond acceptors (Lipinski definition) is 2. The van der Waals surface area contributed by atoms with Gasteiger partial charge in [-0.1, -0.05) is 35.4 Å². The van der Waals surface area contributed by atoms with Crippen LogP contribution in [0.1, 0.15) is 44.5 Å². The van der Waals surface area contributed by atoms with E-state index in [1.807, 2.05) is 12.4 Å². The molecule has 2 aromatic carbocycles. The Morgan fingerprint density at radius 3 is 1.09 bits per heavy atom. The Balaban J connectivity index is 2.24. The van der Waals surface area contributed by atoms with Gasteiger partial charge in [-0.25, -0.2) is 0 Å². The van der Waals surface area contributed by atoms with Gasteiger partial charge in [0.2, 0.25) is 0 Å². The molecule has 22 heavy (non-hydrogen) atoms. The minimum Gasteiger partial charge on any atom is -0.158 e. The van der Waals surface area contributed by atoms with E-state index in [0.29, 0.717) is 0 Å². The standard InChI is InChI=1S/C20H24N2/c1-13-7-15(3)19(16(4)8-13)11-21-22-12-20-17(5)9-14(2)10-18(20)6/h7-12H,1-6H3/b21-11-,22-12+. The van der Waals surface area contributed by atoms with E-state index < -0.39 is 0 Å². The van der Waals surface area contributed by atoms with Crippen molar-refractivity contribution in [3.05, 3.63) is 68.8 Å². The maximum Gasteiger partial charge on any atom is 0.0573 e. The highest BCUT2D eigenvalue weighted by Gasteiger charge is 2.02. The lowest BCUT2D eigenvalue weighted by atomic mass is 10.0. The molecular weight excluding hydrogens is 268 g/mol. The second kappa shape index (κ2) is 6.69. The molecule has 0 atom stereocenters. The van der Waals surface area contributed by atoms with Crippen LogP contribution in [-0.2, 0) is 0 Å². The molecule has 0 aliphatic rings. The zero-order valence-electron chi connectivity index (χ0n) is 14.4. The minimum absolute atomic E-state index is 1.15. The minimum atomic E-state index is 1.15. The molecule has 0 aliphatic heterocycles. The maximum atomic E-state index is 4.24. The van der Waals surface area contributed by atoms with Crippen LogP contribution < -0.4 is 0 Å². The Labute approximate surface area is 133 Å². The van der Waals surface area contributed by atoms with E-state index in [9.17, 15) is 0 Å². The molecule has 0 saturated heterocycles. The number of hydrogen-bond donors (Lipinski definition) is 0. The van der Waals surface area contributed by atoms with Gasteiger partial charge < -0.3 is 0 Å². The van der Waals surface area contributed by atoms with Gasteiger partial charge in [-0.3, -0.25) is 0 Å². The Morgan fingerprint density at radius 2 is 0.818 bits per heavy atom. The zero-order chi connectivity index (χ0) is 16.3. The van der Waals surface area contributed by atoms with Gasteiger partial charge in [-0.05, 0) is 63.8 Å². The van der Waals surface area contributed by atoms with Gasteiger partial charge in [0.1, 0.15) is 0 Å². The van der Waals surface area contributed by atoms with Crippen molar-refractivity contribution in [2.24, 2.45) is 10.2 Å². The third-order valence-corrected chi connectivity index (χ3v) is 3.92. The highest BCUT2D eigenvalue weighted by molar-refractivity contribution is 5.86. The molecule has 0 saturated carbocycles. The smallest absolute Gasteiger partial charge is 0.0573 e. The fourth-order valence-electron chi connectivity index (χ4n) is 2.97. The summed E-state index contributed by atoms with van der Waals surface area (Å²) in [6.45, 7) is 12.7. The fraction of sp³-hybridized carbons (Fsp3) is 0.300. The van der Waals surface area contributed by atoms with E-state index in [1.54, 1.807) is 0 Å². The first-order valence-corrected chi connectivity index (χ1v) is 7.60. The topological polar surface area (TPSA) is 24.7 Å². The van der Waals surface area contributed by atoms with Crippen LogP contribution in [0.2, 0.25) is 0 Å². The molecule has 2 nitrogen and oxygen atoms in total. The van der Waals surface area contributed by atoms with Crippen molar-refractivity contribution in [2.45, 2.75) is 41.5 Å². The average molecular weight is 292 g/mol. The molecule has 114 valence electrons. The molecule has 0 aromatic heterocycles. The van der Waals surface area contributed by atoms with E-state index in [-0.39, 0.29) is 0 Å². The third kappa shape index (κ3) is 3.70. The first kappa shape index (κ1) is 16.2. The van der Waals surface area contributed by atoms with Gasteiger partial charge in [0.05, 0.1) is 12.4 Å². The molecule has 2 rings (SSSR count). The van der Waals surface area contributed by atoms with Gasteiger partial charge >= 0.3 is 0 Å². The second-order valence-corrected chi connectivity index (χ2v) is 6.11. The van der Waals surface area contributed by atoms with Gasteiger partial charge in [0, 0.05) is 11.1 Å². The van der Waals surface area contributed by atoms with Gasteiger partial charge in [0.15, 0.2) is 0 Å². The van der Waals surface area contributed by atoms with Gasteiger partial charge in [0.25, 0.3) is 0 Å². The van der Waals surface area contributed by atoms with Crippen molar-refractivity contribution in [3.8, 4) is 0 Å². The molecule has 0 spiro atoms. The lowest BCUT2D eigenvalue weighted by Gasteiger charge is -2.06. The normalized spacial score (nSPS) is 11.7. The highest BCUT2D eigenvalue weighted by atomic mass is 15.2. The molecule has 0 N–H and O–H groups in total. The zero-order valence-corrected chi connectivity index (χ0v) is 14.4. The Bertz CT molecular complexity index is 641.